The molecule has 0 saturated heterocycles. The summed E-state index contributed by atoms with van der Waals surface area (Å²) in [5.74, 6) is -1.09. The van der Waals surface area contributed by atoms with Gasteiger partial charge in [-0.2, -0.15) is 0 Å². The van der Waals surface area contributed by atoms with Crippen LogP contribution in [0.15, 0.2) is 54.7 Å². The van der Waals surface area contributed by atoms with Crippen LogP contribution in [0.2, 0.25) is 5.02 Å². The standard InChI is InChI=1S/C19H18ClN3O3/c20-14-7-5-12(6-8-14)10-22-19(26)23-17(18(24)25)9-13-11-21-16-4-2-1-3-15(13)16/h1-8,11,17,21H,9-10H2,(H,24,25)(H2,22,23,26)/t17-/m1/s1. The molecule has 26 heavy (non-hydrogen) atoms. The average molecular weight is 372 g/mol. The first-order valence-corrected chi connectivity index (χ1v) is 8.47. The van der Waals surface area contributed by atoms with E-state index in [0.717, 1.165) is 22.0 Å². The molecular formula is C19H18ClN3O3. The zero-order chi connectivity index (χ0) is 18.5. The molecule has 1 atom stereocenters. The molecule has 0 fully saturated rings. The lowest BCUT2D eigenvalue weighted by Gasteiger charge is -2.15. The minimum Gasteiger partial charge on any atom is -0.480 e. The van der Waals surface area contributed by atoms with Crippen LogP contribution in [0.5, 0.6) is 0 Å². The predicted octanol–water partition coefficient (Wildman–Crippen LogP) is 3.32. The Morgan fingerprint density at radius 1 is 1.12 bits per heavy atom. The normalized spacial score (nSPS) is 11.9. The molecule has 0 aliphatic rings. The average Bonchev–Trinajstić information content (AvgIpc) is 3.04. The molecule has 0 aliphatic heterocycles. The number of hydrogen-bond donors (Lipinski definition) is 4. The Morgan fingerprint density at radius 3 is 2.58 bits per heavy atom. The number of hydrogen-bond acceptors (Lipinski definition) is 2. The van der Waals surface area contributed by atoms with Crippen LogP contribution in [-0.2, 0) is 17.8 Å². The highest BCUT2D eigenvalue weighted by Gasteiger charge is 2.21. The molecule has 0 aliphatic carbocycles. The zero-order valence-corrected chi connectivity index (χ0v) is 14.6. The van der Waals surface area contributed by atoms with E-state index in [-0.39, 0.29) is 13.0 Å². The number of halogens is 1. The molecule has 134 valence electrons. The number of carbonyl (C=O) groups is 2. The van der Waals surface area contributed by atoms with Crippen LogP contribution in [0.4, 0.5) is 4.79 Å². The Labute approximate surface area is 155 Å². The van der Waals surface area contributed by atoms with Gasteiger partial charge in [-0.15, -0.1) is 0 Å². The van der Waals surface area contributed by atoms with Crippen molar-refractivity contribution in [1.82, 2.24) is 15.6 Å². The van der Waals surface area contributed by atoms with Gasteiger partial charge in [-0.25, -0.2) is 9.59 Å². The number of carboxylic acid groups (broad SMARTS) is 1. The molecule has 1 aromatic heterocycles. The van der Waals surface area contributed by atoms with Crippen LogP contribution >= 0.6 is 11.6 Å². The Bertz CT molecular complexity index is 921. The Morgan fingerprint density at radius 2 is 1.85 bits per heavy atom. The second kappa shape index (κ2) is 7.93. The maximum Gasteiger partial charge on any atom is 0.326 e. The Hall–Kier alpha value is -2.99. The number of urea groups is 1. The third-order valence-electron chi connectivity index (χ3n) is 4.07. The molecule has 0 radical (unpaired) electrons. The fourth-order valence-electron chi connectivity index (χ4n) is 2.71. The highest BCUT2D eigenvalue weighted by Crippen LogP contribution is 2.19. The maximum atomic E-state index is 12.1. The van der Waals surface area contributed by atoms with Crippen LogP contribution < -0.4 is 10.6 Å². The lowest BCUT2D eigenvalue weighted by molar-refractivity contribution is -0.139. The van der Waals surface area contributed by atoms with Gasteiger partial charge in [0.25, 0.3) is 0 Å². The van der Waals surface area contributed by atoms with Crippen molar-refractivity contribution in [3.8, 4) is 0 Å². The number of amides is 2. The summed E-state index contributed by atoms with van der Waals surface area (Å²) in [6.07, 6.45) is 1.96. The van der Waals surface area contributed by atoms with Crippen LogP contribution in [0, 0.1) is 0 Å². The maximum absolute atomic E-state index is 12.1. The van der Waals surface area contributed by atoms with E-state index in [4.69, 9.17) is 11.6 Å². The number of benzene rings is 2. The van der Waals surface area contributed by atoms with Gasteiger partial charge >= 0.3 is 12.0 Å². The fraction of sp³-hybridized carbons (Fsp3) is 0.158. The smallest absolute Gasteiger partial charge is 0.326 e. The topological polar surface area (TPSA) is 94.2 Å². The first-order valence-electron chi connectivity index (χ1n) is 8.09. The minimum atomic E-state index is -1.09. The number of aromatic nitrogens is 1. The van der Waals surface area contributed by atoms with Gasteiger partial charge in [0.2, 0.25) is 0 Å². The highest BCUT2D eigenvalue weighted by atomic mass is 35.5. The van der Waals surface area contributed by atoms with E-state index in [9.17, 15) is 14.7 Å². The number of aliphatic carboxylic acids is 1. The number of aromatic amines is 1. The van der Waals surface area contributed by atoms with Gasteiger partial charge in [0.1, 0.15) is 6.04 Å². The predicted molar refractivity (Wildman–Crippen MR) is 100 cm³/mol. The van der Waals surface area contributed by atoms with E-state index in [1.54, 1.807) is 30.5 Å². The van der Waals surface area contributed by atoms with Gasteiger partial charge in [-0.3, -0.25) is 0 Å². The monoisotopic (exact) mass is 371 g/mol. The van der Waals surface area contributed by atoms with Crippen LogP contribution in [0.25, 0.3) is 10.9 Å². The number of nitrogens with one attached hydrogen (secondary N) is 3. The van der Waals surface area contributed by atoms with Crippen molar-refractivity contribution in [3.05, 3.63) is 70.9 Å². The molecule has 2 amide bonds. The van der Waals surface area contributed by atoms with E-state index in [0.29, 0.717) is 5.02 Å². The molecule has 0 spiro atoms. The van der Waals surface area contributed by atoms with Gasteiger partial charge in [0.15, 0.2) is 0 Å². The summed E-state index contributed by atoms with van der Waals surface area (Å²) in [7, 11) is 0. The fourth-order valence-corrected chi connectivity index (χ4v) is 2.84. The number of carboxylic acids is 1. The molecular weight excluding hydrogens is 354 g/mol. The molecule has 3 rings (SSSR count). The summed E-state index contributed by atoms with van der Waals surface area (Å²) in [5.41, 5.74) is 2.64. The van der Waals surface area contributed by atoms with Gasteiger partial charge < -0.3 is 20.7 Å². The van der Waals surface area contributed by atoms with Crippen LogP contribution in [-0.4, -0.2) is 28.1 Å². The number of rotatable bonds is 6. The van der Waals surface area contributed by atoms with E-state index in [2.05, 4.69) is 15.6 Å². The van der Waals surface area contributed by atoms with Gasteiger partial charge in [-0.05, 0) is 29.3 Å². The van der Waals surface area contributed by atoms with Crippen LogP contribution in [0.1, 0.15) is 11.1 Å². The molecule has 2 aromatic carbocycles. The molecule has 6 nitrogen and oxygen atoms in total. The molecule has 7 heteroatoms. The van der Waals surface area contributed by atoms with E-state index >= 15 is 0 Å². The molecule has 4 N–H and O–H groups in total. The van der Waals surface area contributed by atoms with Crippen molar-refractivity contribution in [1.29, 1.82) is 0 Å². The first-order chi connectivity index (χ1) is 12.5. The number of carbonyl (C=O) groups excluding carboxylic acids is 1. The molecule has 0 saturated carbocycles. The molecule has 0 unspecified atom stereocenters. The van der Waals surface area contributed by atoms with Crippen molar-refractivity contribution < 1.29 is 14.7 Å². The Balaban J connectivity index is 1.62. The van der Waals surface area contributed by atoms with Gasteiger partial charge in [0.05, 0.1) is 0 Å². The number of fused-ring (bicyclic) bond motifs is 1. The summed E-state index contributed by atoms with van der Waals surface area (Å²) >= 11 is 5.82. The van der Waals surface area contributed by atoms with Gasteiger partial charge in [0, 0.05) is 35.1 Å². The second-order valence-electron chi connectivity index (χ2n) is 5.91. The summed E-state index contributed by atoms with van der Waals surface area (Å²) in [5, 5.41) is 16.2. The Kier molecular flexibility index (Phi) is 5.43. The van der Waals surface area contributed by atoms with E-state index in [1.807, 2.05) is 24.3 Å². The second-order valence-corrected chi connectivity index (χ2v) is 6.34. The largest absolute Gasteiger partial charge is 0.480 e. The number of para-hydroxylation sites is 1. The third kappa shape index (κ3) is 4.34. The van der Waals surface area contributed by atoms with E-state index < -0.39 is 18.0 Å². The summed E-state index contributed by atoms with van der Waals surface area (Å²) < 4.78 is 0. The molecule has 0 bridgehead atoms. The van der Waals surface area contributed by atoms with Crippen molar-refractivity contribution in [2.45, 2.75) is 19.0 Å². The quantitative estimate of drug-likeness (QED) is 0.535. The molecule has 3 aromatic rings. The minimum absolute atomic E-state index is 0.188. The number of H-pyrrole nitrogens is 1. The van der Waals surface area contributed by atoms with Crippen molar-refractivity contribution in [2.24, 2.45) is 0 Å². The zero-order valence-electron chi connectivity index (χ0n) is 13.8. The molecule has 1 heterocycles. The van der Waals surface area contributed by atoms with Crippen LogP contribution in [0.3, 0.4) is 0 Å². The van der Waals surface area contributed by atoms with Gasteiger partial charge in [-0.1, -0.05) is 41.9 Å². The SMILES string of the molecule is O=C(NCc1ccc(Cl)cc1)N[C@H](Cc1c[nH]c2ccccc12)C(=O)O. The van der Waals surface area contributed by atoms with E-state index in [1.165, 1.54) is 0 Å². The third-order valence-corrected chi connectivity index (χ3v) is 4.32. The summed E-state index contributed by atoms with van der Waals surface area (Å²) in [4.78, 5) is 26.7. The lowest BCUT2D eigenvalue weighted by Crippen LogP contribution is -2.46. The van der Waals surface area contributed by atoms with Crippen molar-refractivity contribution in [3.63, 3.8) is 0 Å². The highest BCUT2D eigenvalue weighted by molar-refractivity contribution is 6.30. The summed E-state index contributed by atoms with van der Waals surface area (Å²) in [6, 6.07) is 13.1. The first kappa shape index (κ1) is 17.8. The summed E-state index contributed by atoms with van der Waals surface area (Å²) in [6.45, 7) is 0.280. The van der Waals surface area contributed by atoms with Crippen molar-refractivity contribution in [2.75, 3.05) is 0 Å². The van der Waals surface area contributed by atoms with Crippen molar-refractivity contribution >= 4 is 34.5 Å². The lowest BCUT2D eigenvalue weighted by atomic mass is 10.1.